The van der Waals surface area contributed by atoms with Crippen LogP contribution in [0, 0.1) is 0 Å². The summed E-state index contributed by atoms with van der Waals surface area (Å²) >= 11 is 0. The van der Waals surface area contributed by atoms with E-state index < -0.39 is 6.04 Å². The minimum absolute atomic E-state index is 0.0993. The molecule has 1 fully saturated rings. The van der Waals surface area contributed by atoms with Crippen molar-refractivity contribution in [3.8, 4) is 11.4 Å². The van der Waals surface area contributed by atoms with Crippen LogP contribution in [0.15, 0.2) is 30.3 Å². The molecule has 0 radical (unpaired) electrons. The second kappa shape index (κ2) is 6.84. The van der Waals surface area contributed by atoms with E-state index in [0.29, 0.717) is 25.5 Å². The molecule has 0 saturated carbocycles. The van der Waals surface area contributed by atoms with Gasteiger partial charge >= 0.3 is 0 Å². The Hall–Kier alpha value is -2.32. The molecule has 1 aromatic heterocycles. The third-order valence-electron chi connectivity index (χ3n) is 3.82. The fourth-order valence-electron chi connectivity index (χ4n) is 2.48. The number of carbonyl (C=O) groups is 1. The van der Waals surface area contributed by atoms with Crippen molar-refractivity contribution in [2.75, 3.05) is 26.3 Å². The maximum Gasteiger partial charge on any atom is 0.249 e. The molecule has 8 nitrogen and oxygen atoms in total. The number of hydrogen-bond donors (Lipinski definition) is 1. The summed E-state index contributed by atoms with van der Waals surface area (Å²) in [5, 5.41) is 21.5. The van der Waals surface area contributed by atoms with Crippen molar-refractivity contribution < 1.29 is 14.6 Å². The number of nitrogens with zero attached hydrogens (tertiary/aromatic N) is 5. The lowest BCUT2D eigenvalue weighted by Gasteiger charge is -2.33. The molecule has 122 valence electrons. The summed E-state index contributed by atoms with van der Waals surface area (Å²) in [5.74, 6) is 0.379. The van der Waals surface area contributed by atoms with Crippen molar-refractivity contribution in [3.63, 3.8) is 0 Å². The largest absolute Gasteiger partial charge is 0.394 e. The SMILES string of the molecule is C[C@H](C(=O)N1CCO[C@@H](CO)C1)n1nnc(-c2ccccc2)n1. The van der Waals surface area contributed by atoms with Crippen molar-refractivity contribution in [2.45, 2.75) is 19.1 Å². The van der Waals surface area contributed by atoms with E-state index >= 15 is 0 Å². The Morgan fingerprint density at radius 3 is 2.96 bits per heavy atom. The molecule has 1 N–H and O–H groups in total. The van der Waals surface area contributed by atoms with Gasteiger partial charge in [0.2, 0.25) is 11.7 Å². The predicted molar refractivity (Wildman–Crippen MR) is 81.4 cm³/mol. The molecule has 3 rings (SSSR count). The molecule has 2 atom stereocenters. The van der Waals surface area contributed by atoms with E-state index in [1.807, 2.05) is 30.3 Å². The normalized spacial score (nSPS) is 19.6. The number of ether oxygens (including phenoxy) is 1. The summed E-state index contributed by atoms with van der Waals surface area (Å²) in [4.78, 5) is 15.6. The van der Waals surface area contributed by atoms with Crippen LogP contribution in [0.5, 0.6) is 0 Å². The average molecular weight is 317 g/mol. The number of benzene rings is 1. The number of hydrogen-bond acceptors (Lipinski definition) is 6. The number of amides is 1. The van der Waals surface area contributed by atoms with Crippen LogP contribution < -0.4 is 0 Å². The number of carbonyl (C=O) groups excluding carboxylic acids is 1. The molecule has 1 saturated heterocycles. The zero-order chi connectivity index (χ0) is 16.2. The molecule has 0 unspecified atom stereocenters. The van der Waals surface area contributed by atoms with Gasteiger partial charge in [-0.1, -0.05) is 30.3 Å². The molecule has 0 bridgehead atoms. The quantitative estimate of drug-likeness (QED) is 0.861. The highest BCUT2D eigenvalue weighted by Gasteiger charge is 2.29. The Morgan fingerprint density at radius 2 is 2.22 bits per heavy atom. The third kappa shape index (κ3) is 3.38. The number of tetrazole rings is 1. The summed E-state index contributed by atoms with van der Waals surface area (Å²) in [5.41, 5.74) is 0.852. The van der Waals surface area contributed by atoms with Crippen molar-refractivity contribution in [2.24, 2.45) is 0 Å². The molecule has 2 heterocycles. The molecule has 0 aliphatic carbocycles. The molecular formula is C15H19N5O3. The van der Waals surface area contributed by atoms with Crippen LogP contribution in [0.4, 0.5) is 0 Å². The van der Waals surface area contributed by atoms with Crippen LogP contribution in [0.1, 0.15) is 13.0 Å². The van der Waals surface area contributed by atoms with Crippen LogP contribution in [-0.4, -0.2) is 68.5 Å². The number of aliphatic hydroxyl groups excluding tert-OH is 1. The van der Waals surface area contributed by atoms with E-state index in [-0.39, 0.29) is 18.6 Å². The maximum absolute atomic E-state index is 12.6. The second-order valence-electron chi connectivity index (χ2n) is 5.44. The first-order chi connectivity index (χ1) is 11.2. The van der Waals surface area contributed by atoms with Gasteiger partial charge in [-0.15, -0.1) is 10.2 Å². The maximum atomic E-state index is 12.6. The van der Waals surface area contributed by atoms with Gasteiger partial charge in [0.25, 0.3) is 0 Å². The molecule has 0 spiro atoms. The minimum atomic E-state index is -0.558. The summed E-state index contributed by atoms with van der Waals surface area (Å²) in [6.07, 6.45) is -0.330. The fraction of sp³-hybridized carbons (Fsp3) is 0.467. The summed E-state index contributed by atoms with van der Waals surface area (Å²) in [6, 6.07) is 8.93. The van der Waals surface area contributed by atoms with Gasteiger partial charge in [-0.3, -0.25) is 4.79 Å². The first-order valence-electron chi connectivity index (χ1n) is 7.55. The average Bonchev–Trinajstić information content (AvgIpc) is 3.11. The zero-order valence-corrected chi connectivity index (χ0v) is 12.9. The highest BCUT2D eigenvalue weighted by atomic mass is 16.5. The predicted octanol–water partition coefficient (Wildman–Crippen LogP) is 0.121. The lowest BCUT2D eigenvalue weighted by molar-refractivity contribution is -0.143. The van der Waals surface area contributed by atoms with Gasteiger partial charge in [-0.05, 0) is 12.1 Å². The van der Waals surface area contributed by atoms with E-state index in [2.05, 4.69) is 15.4 Å². The monoisotopic (exact) mass is 317 g/mol. The number of aliphatic hydroxyl groups is 1. The van der Waals surface area contributed by atoms with Gasteiger partial charge in [-0.2, -0.15) is 4.80 Å². The van der Waals surface area contributed by atoms with Crippen molar-refractivity contribution >= 4 is 5.91 Å². The Kier molecular flexibility index (Phi) is 4.63. The van der Waals surface area contributed by atoms with E-state index in [4.69, 9.17) is 4.74 Å². The fourth-order valence-corrected chi connectivity index (χ4v) is 2.48. The van der Waals surface area contributed by atoms with Crippen LogP contribution in [0.2, 0.25) is 0 Å². The standard InChI is InChI=1S/C15H19N5O3/c1-11(15(22)19-7-8-23-13(9-19)10-21)20-17-14(16-18-20)12-5-3-2-4-6-12/h2-6,11,13,21H,7-10H2,1H3/t11-,13-/m1/s1. The lowest BCUT2D eigenvalue weighted by atomic mass is 10.2. The molecule has 2 aromatic rings. The molecule has 1 aliphatic heterocycles. The number of aromatic nitrogens is 4. The number of morpholine rings is 1. The van der Waals surface area contributed by atoms with Gasteiger partial charge in [0.05, 0.1) is 19.3 Å². The van der Waals surface area contributed by atoms with Gasteiger partial charge < -0.3 is 14.7 Å². The molecular weight excluding hydrogens is 298 g/mol. The van der Waals surface area contributed by atoms with Crippen molar-refractivity contribution in [3.05, 3.63) is 30.3 Å². The Bertz CT molecular complexity index is 660. The highest BCUT2D eigenvalue weighted by Crippen LogP contribution is 2.16. The van der Waals surface area contributed by atoms with Crippen LogP contribution in [-0.2, 0) is 9.53 Å². The van der Waals surface area contributed by atoms with E-state index in [9.17, 15) is 9.90 Å². The molecule has 1 amide bonds. The summed E-state index contributed by atoms with van der Waals surface area (Å²) in [6.45, 7) is 2.93. The number of rotatable bonds is 4. The first kappa shape index (κ1) is 15.6. The van der Waals surface area contributed by atoms with E-state index in [1.54, 1.807) is 11.8 Å². The summed E-state index contributed by atoms with van der Waals surface area (Å²) in [7, 11) is 0. The van der Waals surface area contributed by atoms with Gasteiger partial charge in [0.1, 0.15) is 6.04 Å². The van der Waals surface area contributed by atoms with Crippen molar-refractivity contribution in [1.29, 1.82) is 0 Å². The van der Waals surface area contributed by atoms with Crippen LogP contribution in [0.25, 0.3) is 11.4 Å². The zero-order valence-electron chi connectivity index (χ0n) is 12.9. The lowest BCUT2D eigenvalue weighted by Crippen LogP contribution is -2.49. The molecule has 1 aromatic carbocycles. The van der Waals surface area contributed by atoms with Gasteiger partial charge in [0, 0.05) is 18.7 Å². The molecule has 8 heteroatoms. The Balaban J connectivity index is 1.71. The summed E-state index contributed by atoms with van der Waals surface area (Å²) < 4.78 is 5.36. The molecule has 23 heavy (non-hydrogen) atoms. The van der Waals surface area contributed by atoms with Gasteiger partial charge in [0.15, 0.2) is 0 Å². The van der Waals surface area contributed by atoms with Crippen molar-refractivity contribution in [1.82, 2.24) is 25.1 Å². The van der Waals surface area contributed by atoms with Gasteiger partial charge in [-0.25, -0.2) is 0 Å². The topological polar surface area (TPSA) is 93.4 Å². The van der Waals surface area contributed by atoms with Crippen LogP contribution in [0.3, 0.4) is 0 Å². The Labute approximate surface area is 133 Å². The minimum Gasteiger partial charge on any atom is -0.394 e. The smallest absolute Gasteiger partial charge is 0.249 e. The highest BCUT2D eigenvalue weighted by molar-refractivity contribution is 5.80. The second-order valence-corrected chi connectivity index (χ2v) is 5.44. The van der Waals surface area contributed by atoms with Crippen LogP contribution >= 0.6 is 0 Å². The molecule has 1 aliphatic rings. The third-order valence-corrected chi connectivity index (χ3v) is 3.82. The first-order valence-corrected chi connectivity index (χ1v) is 7.55. The van der Waals surface area contributed by atoms with E-state index in [0.717, 1.165) is 5.56 Å². The van der Waals surface area contributed by atoms with E-state index in [1.165, 1.54) is 4.80 Å². The Morgan fingerprint density at radius 1 is 1.43 bits per heavy atom.